The van der Waals surface area contributed by atoms with Crippen molar-refractivity contribution in [2.75, 3.05) is 6.61 Å². The number of benzene rings is 1. The van der Waals surface area contributed by atoms with Crippen LogP contribution in [0.3, 0.4) is 0 Å². The van der Waals surface area contributed by atoms with Gasteiger partial charge < -0.3 is 4.74 Å². The van der Waals surface area contributed by atoms with Crippen LogP contribution in [0.1, 0.15) is 12.5 Å². The van der Waals surface area contributed by atoms with Crippen molar-refractivity contribution < 1.29 is 14.3 Å². The van der Waals surface area contributed by atoms with E-state index < -0.39 is 17.7 Å². The molecule has 1 unspecified atom stereocenters. The molecule has 1 aromatic carbocycles. The van der Waals surface area contributed by atoms with Gasteiger partial charge in [-0.1, -0.05) is 23.7 Å². The number of halogens is 1. The molecule has 1 atom stereocenters. The Hall–Kier alpha value is -1.86. The van der Waals surface area contributed by atoms with E-state index in [9.17, 15) is 9.59 Å². The molecule has 0 amide bonds. The number of carbonyl (C=O) groups excluding carboxylic acids is 2. The molecule has 1 aromatic rings. The SMILES string of the molecule is CCOC(=O)C(C#N)C(=O)Cc1ccc(Cl)cc1. The number of esters is 1. The number of Topliss-reactive ketones (excluding diaryl/α,β-unsaturated/α-hetero) is 1. The molecular formula is C13H12ClNO3. The largest absolute Gasteiger partial charge is 0.465 e. The van der Waals surface area contributed by atoms with Gasteiger partial charge in [0.2, 0.25) is 5.92 Å². The Balaban J connectivity index is 2.72. The third kappa shape index (κ3) is 3.86. The van der Waals surface area contributed by atoms with Crippen LogP contribution in [0, 0.1) is 17.2 Å². The molecule has 0 heterocycles. The lowest BCUT2D eigenvalue weighted by Crippen LogP contribution is -2.26. The molecule has 0 radical (unpaired) electrons. The van der Waals surface area contributed by atoms with Gasteiger partial charge in [-0.2, -0.15) is 5.26 Å². The van der Waals surface area contributed by atoms with Gasteiger partial charge in [0.1, 0.15) is 0 Å². The molecule has 1 rings (SSSR count). The Morgan fingerprint density at radius 2 is 2.00 bits per heavy atom. The fourth-order valence-corrected chi connectivity index (χ4v) is 1.51. The van der Waals surface area contributed by atoms with Crippen molar-refractivity contribution in [1.29, 1.82) is 5.26 Å². The summed E-state index contributed by atoms with van der Waals surface area (Å²) in [6.45, 7) is 1.77. The Kier molecular flexibility index (Phi) is 5.34. The van der Waals surface area contributed by atoms with Crippen LogP contribution in [0.5, 0.6) is 0 Å². The standard InChI is InChI=1S/C13H12ClNO3/c1-2-18-13(17)11(8-15)12(16)7-9-3-5-10(14)6-4-9/h3-6,11H,2,7H2,1H3. The van der Waals surface area contributed by atoms with Gasteiger partial charge in [-0.15, -0.1) is 0 Å². The maximum Gasteiger partial charge on any atom is 0.331 e. The van der Waals surface area contributed by atoms with E-state index in [-0.39, 0.29) is 13.0 Å². The summed E-state index contributed by atoms with van der Waals surface area (Å²) in [4.78, 5) is 23.2. The molecule has 0 aliphatic rings. The predicted molar refractivity (Wildman–Crippen MR) is 65.9 cm³/mol. The lowest BCUT2D eigenvalue weighted by Gasteiger charge is -2.07. The lowest BCUT2D eigenvalue weighted by molar-refractivity contribution is -0.149. The molecule has 0 N–H and O–H groups in total. The first-order valence-electron chi connectivity index (χ1n) is 5.42. The monoisotopic (exact) mass is 265 g/mol. The fourth-order valence-electron chi connectivity index (χ4n) is 1.39. The Labute approximate surface area is 110 Å². The van der Waals surface area contributed by atoms with Crippen LogP contribution in [-0.4, -0.2) is 18.4 Å². The second kappa shape index (κ2) is 6.77. The van der Waals surface area contributed by atoms with Gasteiger partial charge in [0.15, 0.2) is 5.78 Å². The van der Waals surface area contributed by atoms with E-state index in [0.717, 1.165) is 0 Å². The van der Waals surface area contributed by atoms with Crippen LogP contribution in [0.2, 0.25) is 5.02 Å². The molecule has 0 aromatic heterocycles. The Morgan fingerprint density at radius 1 is 1.39 bits per heavy atom. The number of nitriles is 1. The molecule has 0 aliphatic carbocycles. The van der Waals surface area contributed by atoms with Crippen LogP contribution < -0.4 is 0 Å². The fraction of sp³-hybridized carbons (Fsp3) is 0.308. The highest BCUT2D eigenvalue weighted by Crippen LogP contribution is 2.12. The average molecular weight is 266 g/mol. The van der Waals surface area contributed by atoms with Crippen LogP contribution in [-0.2, 0) is 20.7 Å². The summed E-state index contributed by atoms with van der Waals surface area (Å²) in [6.07, 6.45) is 0.00814. The minimum Gasteiger partial charge on any atom is -0.465 e. The normalized spacial score (nSPS) is 11.4. The smallest absolute Gasteiger partial charge is 0.331 e. The van der Waals surface area contributed by atoms with Gasteiger partial charge in [0.25, 0.3) is 0 Å². The highest BCUT2D eigenvalue weighted by molar-refractivity contribution is 6.30. The number of nitrogens with zero attached hydrogens (tertiary/aromatic N) is 1. The van der Waals surface area contributed by atoms with Crippen molar-refractivity contribution >= 4 is 23.4 Å². The summed E-state index contributed by atoms with van der Waals surface area (Å²) in [6, 6.07) is 8.33. The maximum absolute atomic E-state index is 11.8. The molecule has 0 fully saturated rings. The second-order valence-electron chi connectivity index (χ2n) is 3.58. The third-order valence-corrected chi connectivity index (χ3v) is 2.52. The van der Waals surface area contributed by atoms with Crippen molar-refractivity contribution in [2.24, 2.45) is 5.92 Å². The van der Waals surface area contributed by atoms with Gasteiger partial charge in [-0.3, -0.25) is 9.59 Å². The third-order valence-electron chi connectivity index (χ3n) is 2.26. The summed E-state index contributed by atoms with van der Waals surface area (Å²) in [5, 5.41) is 9.39. The predicted octanol–water partition coefficient (Wildman–Crippen LogP) is 2.15. The van der Waals surface area contributed by atoms with E-state index >= 15 is 0 Å². The minimum absolute atomic E-state index is 0.00814. The van der Waals surface area contributed by atoms with E-state index in [4.69, 9.17) is 16.9 Å². The van der Waals surface area contributed by atoms with Gasteiger partial charge in [-0.05, 0) is 24.6 Å². The Bertz CT molecular complexity index is 476. The summed E-state index contributed by atoms with van der Waals surface area (Å²) in [7, 11) is 0. The molecule has 94 valence electrons. The van der Waals surface area contributed by atoms with Crippen LogP contribution >= 0.6 is 11.6 Å². The molecule has 0 bridgehead atoms. The van der Waals surface area contributed by atoms with Gasteiger partial charge in [0, 0.05) is 11.4 Å². The number of ketones is 1. The lowest BCUT2D eigenvalue weighted by atomic mass is 9.99. The zero-order valence-corrected chi connectivity index (χ0v) is 10.6. The highest BCUT2D eigenvalue weighted by atomic mass is 35.5. The van der Waals surface area contributed by atoms with Crippen molar-refractivity contribution in [2.45, 2.75) is 13.3 Å². The average Bonchev–Trinajstić information content (AvgIpc) is 2.33. The van der Waals surface area contributed by atoms with Gasteiger partial charge in [-0.25, -0.2) is 0 Å². The maximum atomic E-state index is 11.8. The number of hydrogen-bond donors (Lipinski definition) is 0. The molecule has 5 heteroatoms. The first-order valence-corrected chi connectivity index (χ1v) is 5.79. The highest BCUT2D eigenvalue weighted by Gasteiger charge is 2.27. The van der Waals surface area contributed by atoms with E-state index in [1.165, 1.54) is 0 Å². The topological polar surface area (TPSA) is 67.2 Å². The molecule has 0 saturated heterocycles. The number of carbonyl (C=O) groups is 2. The van der Waals surface area contributed by atoms with Gasteiger partial charge >= 0.3 is 5.97 Å². The number of hydrogen-bond acceptors (Lipinski definition) is 4. The second-order valence-corrected chi connectivity index (χ2v) is 4.02. The van der Waals surface area contributed by atoms with Crippen molar-refractivity contribution in [3.63, 3.8) is 0 Å². The summed E-state index contributed by atoms with van der Waals surface area (Å²) >= 11 is 5.72. The molecule has 0 spiro atoms. The van der Waals surface area contributed by atoms with E-state index in [1.807, 2.05) is 0 Å². The first-order chi connectivity index (χ1) is 8.58. The van der Waals surface area contributed by atoms with Gasteiger partial charge in [0.05, 0.1) is 12.7 Å². The minimum atomic E-state index is -1.36. The van der Waals surface area contributed by atoms with E-state index in [1.54, 1.807) is 37.3 Å². The Morgan fingerprint density at radius 3 is 2.50 bits per heavy atom. The van der Waals surface area contributed by atoms with Crippen molar-refractivity contribution in [3.8, 4) is 6.07 Å². The van der Waals surface area contributed by atoms with Crippen LogP contribution in [0.15, 0.2) is 24.3 Å². The van der Waals surface area contributed by atoms with Crippen LogP contribution in [0.25, 0.3) is 0 Å². The number of rotatable bonds is 5. The quantitative estimate of drug-likeness (QED) is 0.604. The van der Waals surface area contributed by atoms with E-state index in [2.05, 4.69) is 4.74 Å². The molecular weight excluding hydrogens is 254 g/mol. The zero-order valence-electron chi connectivity index (χ0n) is 9.85. The van der Waals surface area contributed by atoms with Crippen molar-refractivity contribution in [1.82, 2.24) is 0 Å². The number of ether oxygens (including phenoxy) is 1. The zero-order chi connectivity index (χ0) is 13.5. The summed E-state index contributed by atoms with van der Waals surface area (Å²) in [5.74, 6) is -2.63. The first kappa shape index (κ1) is 14.2. The van der Waals surface area contributed by atoms with E-state index in [0.29, 0.717) is 10.6 Å². The van der Waals surface area contributed by atoms with Crippen LogP contribution in [0.4, 0.5) is 0 Å². The molecule has 4 nitrogen and oxygen atoms in total. The summed E-state index contributed by atoms with van der Waals surface area (Å²) in [5.41, 5.74) is 0.703. The summed E-state index contributed by atoms with van der Waals surface area (Å²) < 4.78 is 4.67. The molecule has 18 heavy (non-hydrogen) atoms. The molecule has 0 saturated carbocycles. The van der Waals surface area contributed by atoms with Crippen molar-refractivity contribution in [3.05, 3.63) is 34.9 Å². The molecule has 0 aliphatic heterocycles.